The maximum atomic E-state index is 13.5. The molecule has 0 saturated heterocycles. The van der Waals surface area contributed by atoms with Crippen LogP contribution in [-0.2, 0) is 5.41 Å². The number of nitrogens with two attached hydrogens (primary N) is 2. The first kappa shape index (κ1) is 40.1. The number of hydrogen-bond acceptors (Lipinski definition) is 8. The van der Waals surface area contributed by atoms with Gasteiger partial charge in [0, 0.05) is 33.8 Å². The summed E-state index contributed by atoms with van der Waals surface area (Å²) in [6.45, 7) is 5.64. The topological polar surface area (TPSA) is 220 Å². The average molecular weight is 781 g/mol. The molecular formula is C46H40N2O10. The first-order valence-corrected chi connectivity index (χ1v) is 18.1. The molecule has 0 fully saturated rings. The minimum Gasteiger partial charge on any atom is -0.478 e. The number of para-hydroxylation sites is 2. The molecule has 0 aromatic heterocycles. The zero-order chi connectivity index (χ0) is 41.9. The van der Waals surface area contributed by atoms with Crippen molar-refractivity contribution in [2.45, 2.75) is 32.1 Å². The third-order valence-corrected chi connectivity index (χ3v) is 10.2. The van der Waals surface area contributed by atoms with Crippen molar-refractivity contribution in [2.24, 2.45) is 5.92 Å². The summed E-state index contributed by atoms with van der Waals surface area (Å²) in [6.07, 6.45) is 0. The summed E-state index contributed by atoms with van der Waals surface area (Å²) >= 11 is 0. The van der Waals surface area contributed by atoms with Crippen LogP contribution >= 0.6 is 0 Å². The average Bonchev–Trinajstić information content (AvgIpc) is 3.19. The molecule has 0 heterocycles. The third-order valence-electron chi connectivity index (χ3n) is 10.2. The second-order valence-electron chi connectivity index (χ2n) is 14.2. The van der Waals surface area contributed by atoms with E-state index in [1.54, 1.807) is 84.9 Å². The molecule has 0 radical (unpaired) electrons. The number of hydrogen-bond donors (Lipinski definition) is 6. The predicted molar refractivity (Wildman–Crippen MR) is 218 cm³/mol. The Morgan fingerprint density at radius 1 is 0.552 bits per heavy atom. The summed E-state index contributed by atoms with van der Waals surface area (Å²) in [6, 6.07) is 34.2. The molecule has 8 N–H and O–H groups in total. The number of nitrogen functional groups attached to an aromatic ring is 2. The number of rotatable bonds is 14. The number of benzene rings is 6. The zero-order valence-corrected chi connectivity index (χ0v) is 31.7. The van der Waals surface area contributed by atoms with E-state index >= 15 is 0 Å². The molecule has 0 aliphatic carbocycles. The van der Waals surface area contributed by atoms with Gasteiger partial charge in [0.1, 0.15) is 23.0 Å². The molecule has 58 heavy (non-hydrogen) atoms. The van der Waals surface area contributed by atoms with Crippen LogP contribution in [0, 0.1) is 5.92 Å². The van der Waals surface area contributed by atoms with E-state index in [0.717, 1.165) is 18.2 Å². The number of carbonyl (C=O) groups is 4. The van der Waals surface area contributed by atoms with E-state index in [-0.39, 0.29) is 16.7 Å². The number of carboxylic acids is 4. The van der Waals surface area contributed by atoms with Gasteiger partial charge in [-0.1, -0.05) is 69.3 Å². The molecule has 1 atom stereocenters. The first-order valence-electron chi connectivity index (χ1n) is 18.1. The van der Waals surface area contributed by atoms with Crippen molar-refractivity contribution < 1.29 is 49.1 Å². The van der Waals surface area contributed by atoms with E-state index in [0.29, 0.717) is 45.5 Å². The van der Waals surface area contributed by atoms with E-state index in [1.807, 2.05) is 32.9 Å². The molecule has 0 amide bonds. The van der Waals surface area contributed by atoms with Gasteiger partial charge in [0.25, 0.3) is 0 Å². The quantitative estimate of drug-likeness (QED) is 0.0569. The third kappa shape index (κ3) is 7.76. The Bertz CT molecular complexity index is 2460. The highest BCUT2D eigenvalue weighted by atomic mass is 16.5. The molecule has 294 valence electrons. The van der Waals surface area contributed by atoms with Gasteiger partial charge >= 0.3 is 23.9 Å². The van der Waals surface area contributed by atoms with E-state index in [1.165, 1.54) is 12.1 Å². The van der Waals surface area contributed by atoms with Crippen LogP contribution in [-0.4, -0.2) is 44.3 Å². The molecule has 0 spiro atoms. The fraction of sp³-hybridized carbons (Fsp3) is 0.130. The fourth-order valence-corrected chi connectivity index (χ4v) is 7.74. The molecule has 0 aliphatic heterocycles. The highest BCUT2D eigenvalue weighted by molar-refractivity contribution is 6.06. The Labute approximate surface area is 333 Å². The number of anilines is 2. The molecule has 12 nitrogen and oxygen atoms in total. The summed E-state index contributed by atoms with van der Waals surface area (Å²) in [4.78, 5) is 50.9. The molecule has 6 aromatic rings. The van der Waals surface area contributed by atoms with Gasteiger partial charge in [-0.2, -0.15) is 0 Å². The number of aromatic carboxylic acids is 4. The largest absolute Gasteiger partial charge is 0.478 e. The lowest BCUT2D eigenvalue weighted by Gasteiger charge is -2.44. The van der Waals surface area contributed by atoms with Crippen molar-refractivity contribution in [1.82, 2.24) is 0 Å². The van der Waals surface area contributed by atoms with Crippen LogP contribution in [0.4, 0.5) is 11.4 Å². The van der Waals surface area contributed by atoms with Crippen molar-refractivity contribution in [3.05, 3.63) is 166 Å². The van der Waals surface area contributed by atoms with E-state index in [4.69, 9.17) is 20.9 Å². The minimum atomic E-state index is -1.54. The van der Waals surface area contributed by atoms with Crippen LogP contribution in [0.15, 0.2) is 127 Å². The lowest BCUT2D eigenvalue weighted by Crippen LogP contribution is -2.37. The van der Waals surface area contributed by atoms with E-state index in [9.17, 15) is 39.6 Å². The van der Waals surface area contributed by atoms with E-state index < -0.39 is 63.4 Å². The highest BCUT2D eigenvalue weighted by Gasteiger charge is 2.47. The molecule has 1 unspecified atom stereocenters. The van der Waals surface area contributed by atoms with E-state index in [2.05, 4.69) is 0 Å². The molecule has 12 heteroatoms. The molecular weight excluding hydrogens is 741 g/mol. The second-order valence-corrected chi connectivity index (χ2v) is 14.2. The Kier molecular flexibility index (Phi) is 11.2. The van der Waals surface area contributed by atoms with Crippen molar-refractivity contribution in [3.8, 4) is 34.1 Å². The summed E-state index contributed by atoms with van der Waals surface area (Å²) in [5.41, 5.74) is 11.1. The maximum absolute atomic E-state index is 13.5. The van der Waals surface area contributed by atoms with Gasteiger partial charge < -0.3 is 41.4 Å². The van der Waals surface area contributed by atoms with Crippen molar-refractivity contribution in [2.75, 3.05) is 11.5 Å². The molecule has 0 bridgehead atoms. The Morgan fingerprint density at radius 2 is 1.00 bits per heavy atom. The lowest BCUT2D eigenvalue weighted by molar-refractivity contribution is 0.0649. The predicted octanol–water partition coefficient (Wildman–Crippen LogP) is 9.64. The summed E-state index contributed by atoms with van der Waals surface area (Å²) in [5, 5.41) is 41.4. The van der Waals surface area contributed by atoms with Gasteiger partial charge in [0.2, 0.25) is 0 Å². The molecule has 0 saturated carbocycles. The Balaban J connectivity index is 1.76. The van der Waals surface area contributed by atoms with Crippen LogP contribution in [0.2, 0.25) is 0 Å². The monoisotopic (exact) mass is 780 g/mol. The van der Waals surface area contributed by atoms with Crippen LogP contribution < -0.4 is 20.9 Å². The van der Waals surface area contributed by atoms with Crippen molar-refractivity contribution >= 4 is 35.3 Å². The van der Waals surface area contributed by atoms with Crippen LogP contribution in [0.25, 0.3) is 11.1 Å². The number of carboxylic acid groups (broad SMARTS) is 4. The Hall–Kier alpha value is -7.60. The van der Waals surface area contributed by atoms with Crippen molar-refractivity contribution in [1.29, 1.82) is 0 Å². The van der Waals surface area contributed by atoms with Crippen LogP contribution in [0.5, 0.6) is 23.0 Å². The fourth-order valence-electron chi connectivity index (χ4n) is 7.74. The van der Waals surface area contributed by atoms with Gasteiger partial charge in [-0.25, -0.2) is 19.2 Å². The van der Waals surface area contributed by atoms with Crippen molar-refractivity contribution in [3.63, 3.8) is 0 Å². The van der Waals surface area contributed by atoms with Crippen LogP contribution in [0.1, 0.15) is 84.8 Å². The summed E-state index contributed by atoms with van der Waals surface area (Å²) < 4.78 is 13.1. The van der Waals surface area contributed by atoms with Gasteiger partial charge in [0.15, 0.2) is 0 Å². The van der Waals surface area contributed by atoms with Gasteiger partial charge in [-0.05, 0) is 101 Å². The standard InChI is InChI=1S/C46H40N2O10/c1-25(2)41(39-31(22-23-33(43(51)52)40(39)45(55)56)26-12-21-32(42(49)50)34(24-26)44(53)54)46(3,35-8-4-6-10-37(35)57-29-17-13-27(47)14-18-29)36-9-5-7-11-38(36)58-30-19-15-28(48)16-20-30/h4-25,41H,47-48H2,1-3H3,(H,49,50)(H,51,52)(H,53,54)(H,55,56). The normalized spacial score (nSPS) is 11.8. The van der Waals surface area contributed by atoms with Gasteiger partial charge in [0.05, 0.1) is 22.3 Å². The summed E-state index contributed by atoms with van der Waals surface area (Å²) in [5.74, 6) is -5.79. The molecule has 0 aliphatic rings. The highest BCUT2D eigenvalue weighted by Crippen LogP contribution is 2.56. The summed E-state index contributed by atoms with van der Waals surface area (Å²) in [7, 11) is 0. The lowest BCUT2D eigenvalue weighted by atomic mass is 9.59. The smallest absolute Gasteiger partial charge is 0.336 e. The second kappa shape index (κ2) is 16.2. The zero-order valence-electron chi connectivity index (χ0n) is 31.7. The SMILES string of the molecule is CC(C)C(c1c(-c2ccc(C(=O)O)c(C(=O)O)c2)ccc(C(=O)O)c1C(=O)O)C(C)(c1ccccc1Oc1ccc(N)cc1)c1ccccc1Oc1ccc(N)cc1. The van der Waals surface area contributed by atoms with Crippen LogP contribution in [0.3, 0.4) is 0 Å². The number of ether oxygens (including phenoxy) is 2. The first-order chi connectivity index (χ1) is 27.6. The molecule has 6 rings (SSSR count). The molecule has 6 aromatic carbocycles. The van der Waals surface area contributed by atoms with Gasteiger partial charge in [-0.3, -0.25) is 0 Å². The minimum absolute atomic E-state index is 0.0638. The maximum Gasteiger partial charge on any atom is 0.336 e. The Morgan fingerprint density at radius 3 is 1.43 bits per heavy atom. The van der Waals surface area contributed by atoms with Gasteiger partial charge in [-0.15, -0.1) is 0 Å².